The second-order valence-electron chi connectivity index (χ2n) is 0. The molecule has 0 aliphatic heterocycles. The molecule has 28 valence electrons. The van der Waals surface area contributed by atoms with E-state index in [4.69, 9.17) is 3.08 Å². The SMILES string of the molecule is [Cu].[Mn].[O]=[Sn]. The molecule has 0 amide bonds. The van der Waals surface area contributed by atoms with Crippen LogP contribution in [-0.4, -0.2) is 22.5 Å². The van der Waals surface area contributed by atoms with Crippen molar-refractivity contribution in [3.05, 3.63) is 0 Å². The number of hydrogen-bond acceptors (Lipinski definition) is 1. The van der Waals surface area contributed by atoms with Crippen LogP contribution in [-0.2, 0) is 37.2 Å². The molecule has 0 N–H and O–H groups in total. The zero-order chi connectivity index (χ0) is 2.00. The summed E-state index contributed by atoms with van der Waals surface area (Å²) in [7, 11) is 0. The quantitative estimate of drug-likeness (QED) is 0.532. The van der Waals surface area contributed by atoms with Crippen molar-refractivity contribution in [2.75, 3.05) is 0 Å². The summed E-state index contributed by atoms with van der Waals surface area (Å²) in [4.78, 5) is 0. The van der Waals surface area contributed by atoms with E-state index in [1.54, 1.807) is 0 Å². The van der Waals surface area contributed by atoms with Crippen LogP contribution in [0.3, 0.4) is 0 Å². The minimum atomic E-state index is 0. The maximum atomic E-state index is 8.34. The maximum absolute atomic E-state index is 8.34. The Morgan fingerprint density at radius 1 is 1.25 bits per heavy atom. The van der Waals surface area contributed by atoms with Crippen LogP contribution in [0, 0.1) is 0 Å². The molecule has 0 bridgehead atoms. The Morgan fingerprint density at radius 3 is 1.25 bits per heavy atom. The average molecular weight is 253 g/mol. The van der Waals surface area contributed by atoms with Gasteiger partial charge in [0, 0.05) is 34.1 Å². The summed E-state index contributed by atoms with van der Waals surface area (Å²) >= 11 is 0.300. The van der Waals surface area contributed by atoms with Gasteiger partial charge < -0.3 is 0 Å². The van der Waals surface area contributed by atoms with Crippen molar-refractivity contribution in [2.45, 2.75) is 0 Å². The second-order valence-corrected chi connectivity index (χ2v) is 0. The van der Waals surface area contributed by atoms with Gasteiger partial charge in [-0.3, -0.25) is 0 Å². The summed E-state index contributed by atoms with van der Waals surface area (Å²) < 4.78 is 8.34. The standard InChI is InChI=1S/Cu.Mn.O.Sn. The van der Waals surface area contributed by atoms with Crippen molar-refractivity contribution in [1.29, 1.82) is 0 Å². The van der Waals surface area contributed by atoms with Gasteiger partial charge in [0.05, 0.1) is 0 Å². The monoisotopic (exact) mass is 254 g/mol. The summed E-state index contributed by atoms with van der Waals surface area (Å²) in [5, 5.41) is 0. The Balaban J connectivity index is -0.00000000500. The summed E-state index contributed by atoms with van der Waals surface area (Å²) in [6.07, 6.45) is 0. The molecule has 4 radical (unpaired) electrons. The van der Waals surface area contributed by atoms with Crippen LogP contribution >= 0.6 is 0 Å². The molecule has 4 heteroatoms. The van der Waals surface area contributed by atoms with Gasteiger partial charge in [-0.05, 0) is 0 Å². The topological polar surface area (TPSA) is 17.1 Å². The van der Waals surface area contributed by atoms with E-state index in [1.165, 1.54) is 0 Å². The van der Waals surface area contributed by atoms with Gasteiger partial charge in [-0.15, -0.1) is 0 Å². The first-order chi connectivity index (χ1) is 1.00. The van der Waals surface area contributed by atoms with Crippen LogP contribution in [0.1, 0.15) is 0 Å². The summed E-state index contributed by atoms with van der Waals surface area (Å²) in [5.41, 5.74) is 0. The van der Waals surface area contributed by atoms with Gasteiger partial charge in [-0.2, -0.15) is 0 Å². The molecule has 0 unspecified atom stereocenters. The normalized spacial score (nSPS) is 1.00. The molecule has 4 heavy (non-hydrogen) atoms. The second kappa shape index (κ2) is 22.9. The molecular formula is CuMnOSn. The van der Waals surface area contributed by atoms with Crippen molar-refractivity contribution in [1.82, 2.24) is 0 Å². The Labute approximate surface area is 59.3 Å². The number of rotatable bonds is 0. The van der Waals surface area contributed by atoms with Crippen LogP contribution in [0.5, 0.6) is 0 Å². The first-order valence-corrected chi connectivity index (χ1v) is 1.37. The molecule has 0 aliphatic carbocycles. The molecule has 0 saturated carbocycles. The van der Waals surface area contributed by atoms with E-state index >= 15 is 0 Å². The zero-order valence-corrected chi connectivity index (χ0v) is 6.56. The van der Waals surface area contributed by atoms with Crippen molar-refractivity contribution in [3.8, 4) is 0 Å². The third-order valence-corrected chi connectivity index (χ3v) is 0. The van der Waals surface area contributed by atoms with Crippen molar-refractivity contribution >= 4 is 22.5 Å². The summed E-state index contributed by atoms with van der Waals surface area (Å²) in [6, 6.07) is 0. The first kappa shape index (κ1) is 17.4. The van der Waals surface area contributed by atoms with Gasteiger partial charge in [0.15, 0.2) is 0 Å². The average Bonchev–Trinajstić information content (AvgIpc) is 1.00. The van der Waals surface area contributed by atoms with E-state index in [-0.39, 0.29) is 34.1 Å². The Morgan fingerprint density at radius 2 is 1.25 bits per heavy atom. The Hall–Kier alpha value is 1.64. The van der Waals surface area contributed by atoms with Crippen molar-refractivity contribution in [2.24, 2.45) is 0 Å². The predicted molar refractivity (Wildman–Crippen MR) is 6.44 cm³/mol. The molecule has 0 spiro atoms. The van der Waals surface area contributed by atoms with E-state index in [1.807, 2.05) is 0 Å². The van der Waals surface area contributed by atoms with Crippen LogP contribution in [0.15, 0.2) is 0 Å². The number of hydrogen-bond donors (Lipinski definition) is 0. The molecule has 1 nitrogen and oxygen atoms in total. The van der Waals surface area contributed by atoms with Gasteiger partial charge in [0.2, 0.25) is 0 Å². The van der Waals surface area contributed by atoms with Crippen LogP contribution in [0.4, 0.5) is 0 Å². The van der Waals surface area contributed by atoms with E-state index < -0.39 is 0 Å². The van der Waals surface area contributed by atoms with Crippen molar-refractivity contribution in [3.63, 3.8) is 0 Å². The molecule has 0 aliphatic rings. The minimum absolute atomic E-state index is 0. The Kier molecular flexibility index (Phi) is 99.7. The summed E-state index contributed by atoms with van der Waals surface area (Å²) in [5.74, 6) is 0. The molecule has 0 aromatic heterocycles. The molecule has 0 fully saturated rings. The zero-order valence-electron chi connectivity index (χ0n) is 1.59. The van der Waals surface area contributed by atoms with Gasteiger partial charge in [-0.1, -0.05) is 0 Å². The predicted octanol–water partition coefficient (Wildman–Crippen LogP) is -0.505. The molecule has 0 rings (SSSR count). The van der Waals surface area contributed by atoms with Gasteiger partial charge >= 0.3 is 25.6 Å². The third-order valence-electron chi connectivity index (χ3n) is 0. The van der Waals surface area contributed by atoms with Gasteiger partial charge in [0.1, 0.15) is 0 Å². The Bertz CT molecular complexity index is 8.00. The van der Waals surface area contributed by atoms with Crippen LogP contribution in [0.25, 0.3) is 0 Å². The van der Waals surface area contributed by atoms with E-state index in [9.17, 15) is 0 Å². The van der Waals surface area contributed by atoms with E-state index in [0.717, 1.165) is 0 Å². The van der Waals surface area contributed by atoms with Gasteiger partial charge in [0.25, 0.3) is 0 Å². The fraction of sp³-hybridized carbons (Fsp3) is 0. The molecule has 0 heterocycles. The molecule has 0 atom stereocenters. The first-order valence-electron chi connectivity index (χ1n) is 0.204. The van der Waals surface area contributed by atoms with E-state index in [2.05, 4.69) is 0 Å². The van der Waals surface area contributed by atoms with Gasteiger partial charge in [-0.25, -0.2) is 0 Å². The molecule has 0 aromatic rings. The van der Waals surface area contributed by atoms with Crippen LogP contribution in [0.2, 0.25) is 0 Å². The van der Waals surface area contributed by atoms with Crippen LogP contribution < -0.4 is 0 Å². The third kappa shape index (κ3) is 9.44. The molecule has 0 aromatic carbocycles. The van der Waals surface area contributed by atoms with Crippen molar-refractivity contribution < 1.29 is 37.2 Å². The molecule has 0 saturated heterocycles. The fourth-order valence-corrected chi connectivity index (χ4v) is 0. The fourth-order valence-electron chi connectivity index (χ4n) is 0. The molecular weight excluding hydrogens is 253 g/mol. The van der Waals surface area contributed by atoms with E-state index in [0.29, 0.717) is 22.5 Å². The summed E-state index contributed by atoms with van der Waals surface area (Å²) in [6.45, 7) is 0.